The topological polar surface area (TPSA) is 65.4 Å². The van der Waals surface area contributed by atoms with Crippen molar-refractivity contribution in [2.75, 3.05) is 0 Å². The third kappa shape index (κ3) is 2.42. The maximum atomic E-state index is 12.6. The Labute approximate surface area is 127 Å². The summed E-state index contributed by atoms with van der Waals surface area (Å²) >= 11 is 0. The Hall–Kier alpha value is -2.55. The number of pyridine rings is 1. The Balaban J connectivity index is 2.43. The normalized spacial score (nSPS) is 12.7. The Morgan fingerprint density at radius 1 is 0.870 bits per heavy atom. The Kier molecular flexibility index (Phi) is 3.33. The number of hydrogen-bond acceptors (Lipinski definition) is 4. The van der Waals surface area contributed by atoms with Gasteiger partial charge in [0.25, 0.3) is 0 Å². The van der Waals surface area contributed by atoms with Gasteiger partial charge in [-0.25, -0.2) is 0 Å². The van der Waals surface area contributed by atoms with Crippen molar-refractivity contribution in [2.24, 2.45) is 0 Å². The van der Waals surface area contributed by atoms with E-state index in [9.17, 15) is 26.4 Å². The molecule has 0 bridgehead atoms. The summed E-state index contributed by atoms with van der Waals surface area (Å²) in [5, 5.41) is 0.0900. The van der Waals surface area contributed by atoms with E-state index in [1.165, 1.54) is 48.5 Å². The first-order chi connectivity index (χ1) is 10.7. The zero-order chi connectivity index (χ0) is 16.8. The molecule has 0 saturated heterocycles. The largest absolute Gasteiger partial charge is 0.536 e. The lowest BCUT2D eigenvalue weighted by molar-refractivity contribution is -0.0540. The SMILES string of the molecule is O=c1c2ccccc2n(OS(=O)(=O)C(F)(F)F)c2ccccc12. The molecule has 3 rings (SSSR count). The van der Waals surface area contributed by atoms with E-state index < -0.39 is 21.1 Å². The molecule has 0 radical (unpaired) electrons. The zero-order valence-electron chi connectivity index (χ0n) is 11.2. The number of benzene rings is 2. The minimum absolute atomic E-state index is 0.0450. The summed E-state index contributed by atoms with van der Waals surface area (Å²) in [7, 11) is -5.89. The average Bonchev–Trinajstić information content (AvgIpc) is 2.50. The number of halogens is 3. The minimum atomic E-state index is -5.89. The highest BCUT2D eigenvalue weighted by Gasteiger charge is 2.49. The van der Waals surface area contributed by atoms with Crippen LogP contribution in [0.25, 0.3) is 21.8 Å². The van der Waals surface area contributed by atoms with Crippen molar-refractivity contribution < 1.29 is 25.9 Å². The van der Waals surface area contributed by atoms with Crippen LogP contribution in [0.15, 0.2) is 53.3 Å². The first-order valence-electron chi connectivity index (χ1n) is 6.26. The summed E-state index contributed by atoms with van der Waals surface area (Å²) in [4.78, 5) is 12.4. The highest BCUT2D eigenvalue weighted by Crippen LogP contribution is 2.25. The van der Waals surface area contributed by atoms with Gasteiger partial charge >= 0.3 is 15.6 Å². The molecule has 0 N–H and O–H groups in total. The third-order valence-corrected chi connectivity index (χ3v) is 4.10. The van der Waals surface area contributed by atoms with Crippen LogP contribution in [0, 0.1) is 0 Å². The molecule has 0 atom stereocenters. The van der Waals surface area contributed by atoms with Crippen LogP contribution in [0.2, 0.25) is 0 Å². The molecule has 5 nitrogen and oxygen atoms in total. The molecule has 1 aromatic heterocycles. The van der Waals surface area contributed by atoms with Gasteiger partial charge in [0.2, 0.25) is 0 Å². The summed E-state index contributed by atoms with van der Waals surface area (Å²) in [5.41, 5.74) is -6.17. The van der Waals surface area contributed by atoms with Crippen molar-refractivity contribution in [3.63, 3.8) is 0 Å². The van der Waals surface area contributed by atoms with E-state index in [0.717, 1.165) is 0 Å². The number of alkyl halides is 3. The predicted octanol–water partition coefficient (Wildman–Crippen LogP) is 2.43. The number of aromatic nitrogens is 1. The predicted molar refractivity (Wildman–Crippen MR) is 77.3 cm³/mol. The van der Waals surface area contributed by atoms with Crippen LogP contribution in [0.4, 0.5) is 13.2 Å². The smallest absolute Gasteiger partial charge is 0.288 e. The van der Waals surface area contributed by atoms with Crippen LogP contribution >= 0.6 is 0 Å². The second-order valence-corrected chi connectivity index (χ2v) is 6.15. The van der Waals surface area contributed by atoms with E-state index in [0.29, 0.717) is 4.73 Å². The van der Waals surface area contributed by atoms with Gasteiger partial charge in [0.05, 0.1) is 11.0 Å². The molecule has 0 aliphatic rings. The number of rotatable bonds is 2. The lowest BCUT2D eigenvalue weighted by Crippen LogP contribution is -2.34. The van der Waals surface area contributed by atoms with Crippen LogP contribution in [-0.2, 0) is 10.1 Å². The Bertz CT molecular complexity index is 1010. The maximum Gasteiger partial charge on any atom is 0.536 e. The fourth-order valence-corrected chi connectivity index (χ4v) is 2.62. The second kappa shape index (κ2) is 4.98. The summed E-state index contributed by atoms with van der Waals surface area (Å²) in [6, 6.07) is 11.3. The van der Waals surface area contributed by atoms with E-state index in [1.807, 2.05) is 0 Å². The minimum Gasteiger partial charge on any atom is -0.288 e. The van der Waals surface area contributed by atoms with Gasteiger partial charge in [-0.2, -0.15) is 26.3 Å². The molecule has 0 fully saturated rings. The lowest BCUT2D eigenvalue weighted by atomic mass is 10.1. The molecular weight excluding hydrogens is 335 g/mol. The summed E-state index contributed by atoms with van der Waals surface area (Å²) in [6.07, 6.45) is 0. The molecule has 1 heterocycles. The molecule has 3 aromatic rings. The van der Waals surface area contributed by atoms with Gasteiger partial charge in [-0.05, 0) is 24.3 Å². The number of nitrogens with zero attached hydrogens (tertiary/aromatic N) is 1. The van der Waals surface area contributed by atoms with Crippen molar-refractivity contribution in [1.29, 1.82) is 0 Å². The van der Waals surface area contributed by atoms with Gasteiger partial charge in [-0.1, -0.05) is 24.3 Å². The average molecular weight is 343 g/mol. The highest BCUT2D eigenvalue weighted by atomic mass is 32.2. The molecule has 0 aliphatic carbocycles. The third-order valence-electron chi connectivity index (χ3n) is 3.19. The van der Waals surface area contributed by atoms with Crippen LogP contribution in [0.1, 0.15) is 0 Å². The Morgan fingerprint density at radius 2 is 1.30 bits per heavy atom. The van der Waals surface area contributed by atoms with Crippen molar-refractivity contribution in [1.82, 2.24) is 4.73 Å². The van der Waals surface area contributed by atoms with Gasteiger partial charge in [0.1, 0.15) is 0 Å². The Morgan fingerprint density at radius 3 is 1.74 bits per heavy atom. The van der Waals surface area contributed by atoms with E-state index in [4.69, 9.17) is 0 Å². The molecular formula is C14H8F3NO4S. The van der Waals surface area contributed by atoms with E-state index in [2.05, 4.69) is 4.28 Å². The van der Waals surface area contributed by atoms with Gasteiger partial charge in [-0.15, -0.1) is 0 Å². The second-order valence-electron chi connectivity index (χ2n) is 4.63. The molecule has 0 spiro atoms. The summed E-state index contributed by atoms with van der Waals surface area (Å²) < 4.78 is 65.3. The van der Waals surface area contributed by atoms with Crippen LogP contribution in [-0.4, -0.2) is 18.7 Å². The fraction of sp³-hybridized carbons (Fsp3) is 0.0714. The van der Waals surface area contributed by atoms with Crippen LogP contribution < -0.4 is 9.71 Å². The molecule has 0 unspecified atom stereocenters. The number of hydrogen-bond donors (Lipinski definition) is 0. The van der Waals surface area contributed by atoms with E-state index >= 15 is 0 Å². The van der Waals surface area contributed by atoms with E-state index in [-0.39, 0.29) is 21.8 Å². The van der Waals surface area contributed by atoms with Crippen LogP contribution in [0.5, 0.6) is 0 Å². The van der Waals surface area contributed by atoms with E-state index in [1.54, 1.807) is 0 Å². The van der Waals surface area contributed by atoms with Crippen LogP contribution in [0.3, 0.4) is 0 Å². The monoisotopic (exact) mass is 343 g/mol. The van der Waals surface area contributed by atoms with Gasteiger partial charge in [0.15, 0.2) is 5.43 Å². The standard InChI is InChI=1S/C14H8F3NO4S/c15-14(16,17)23(20,21)22-18-11-7-3-1-5-9(11)13(19)10-6-2-4-8-12(10)18/h1-8H. The molecule has 120 valence electrons. The zero-order valence-corrected chi connectivity index (χ0v) is 12.1. The highest BCUT2D eigenvalue weighted by molar-refractivity contribution is 7.87. The van der Waals surface area contributed by atoms with Gasteiger partial charge < -0.3 is 0 Å². The first-order valence-corrected chi connectivity index (χ1v) is 7.67. The van der Waals surface area contributed by atoms with Gasteiger partial charge in [-0.3, -0.25) is 9.08 Å². The molecule has 23 heavy (non-hydrogen) atoms. The summed E-state index contributed by atoms with van der Waals surface area (Å²) in [6.45, 7) is 0. The maximum absolute atomic E-state index is 12.6. The van der Waals surface area contributed by atoms with Gasteiger partial charge in [0, 0.05) is 10.8 Å². The van der Waals surface area contributed by atoms with Crippen molar-refractivity contribution in [3.05, 3.63) is 58.8 Å². The summed E-state index contributed by atoms with van der Waals surface area (Å²) in [5.74, 6) is 0. The van der Waals surface area contributed by atoms with Crippen molar-refractivity contribution in [2.45, 2.75) is 5.51 Å². The van der Waals surface area contributed by atoms with Crippen molar-refractivity contribution >= 4 is 31.9 Å². The first kappa shape index (κ1) is 15.3. The molecule has 0 amide bonds. The quantitative estimate of drug-likeness (QED) is 0.530. The molecule has 0 aliphatic heterocycles. The molecule has 0 saturated carbocycles. The van der Waals surface area contributed by atoms with Crippen molar-refractivity contribution in [3.8, 4) is 0 Å². The molecule has 9 heteroatoms. The molecule has 2 aromatic carbocycles. The fourth-order valence-electron chi connectivity index (χ4n) is 2.18. The number of fused-ring (bicyclic) bond motifs is 2. The number of para-hydroxylation sites is 2. The lowest BCUT2D eigenvalue weighted by Gasteiger charge is -2.16.